The largest absolute Gasteiger partial charge is 0.497 e. The Labute approximate surface area is 196 Å². The molecule has 3 aromatic carbocycles. The van der Waals surface area contributed by atoms with Crippen molar-refractivity contribution in [2.24, 2.45) is 0 Å². The lowest BCUT2D eigenvalue weighted by Gasteiger charge is -2.36. The second kappa shape index (κ2) is 8.41. The molecule has 1 aromatic heterocycles. The first kappa shape index (κ1) is 22.9. The van der Waals surface area contributed by atoms with Crippen LogP contribution in [-0.4, -0.2) is 29.4 Å². The molecule has 0 saturated carbocycles. The number of nitrogens with zero attached hydrogens (tertiary/aromatic N) is 1. The van der Waals surface area contributed by atoms with Gasteiger partial charge in [0.1, 0.15) is 17.4 Å². The average molecular weight is 486 g/mol. The minimum absolute atomic E-state index is 0.180. The van der Waals surface area contributed by atoms with Gasteiger partial charge < -0.3 is 14.6 Å². The lowest BCUT2D eigenvalue weighted by Crippen LogP contribution is -2.40. The van der Waals surface area contributed by atoms with E-state index in [0.717, 1.165) is 40.7 Å². The first-order valence-electron chi connectivity index (χ1n) is 10.8. The van der Waals surface area contributed by atoms with Crippen molar-refractivity contribution in [3.05, 3.63) is 100 Å². The van der Waals surface area contributed by atoms with Crippen LogP contribution < -0.4 is 4.74 Å². The number of fused-ring (bicyclic) bond motifs is 3. The third-order valence-corrected chi connectivity index (χ3v) is 6.26. The van der Waals surface area contributed by atoms with Crippen LogP contribution in [0.5, 0.6) is 5.75 Å². The smallest absolute Gasteiger partial charge is 0.416 e. The zero-order chi connectivity index (χ0) is 24.9. The van der Waals surface area contributed by atoms with Crippen LogP contribution in [0.2, 0.25) is 0 Å². The number of amides is 1. The van der Waals surface area contributed by atoms with Crippen LogP contribution in [0.25, 0.3) is 10.9 Å². The van der Waals surface area contributed by atoms with Gasteiger partial charge in [0.15, 0.2) is 0 Å². The van der Waals surface area contributed by atoms with Crippen LogP contribution >= 0.6 is 0 Å². The fraction of sp³-hybridized carbons (Fsp3) is 0.192. The van der Waals surface area contributed by atoms with Crippen molar-refractivity contribution < 1.29 is 31.5 Å². The minimum Gasteiger partial charge on any atom is -0.497 e. The van der Waals surface area contributed by atoms with Crippen molar-refractivity contribution in [1.29, 1.82) is 0 Å². The molecule has 2 heterocycles. The summed E-state index contributed by atoms with van der Waals surface area (Å²) in [7, 11) is 1.55. The van der Waals surface area contributed by atoms with E-state index in [1.165, 1.54) is 17.0 Å². The monoisotopic (exact) mass is 486 g/mol. The molecule has 9 heteroatoms. The van der Waals surface area contributed by atoms with Crippen molar-refractivity contribution in [2.45, 2.75) is 18.6 Å². The Morgan fingerprint density at radius 1 is 1.00 bits per heavy atom. The van der Waals surface area contributed by atoms with E-state index >= 15 is 0 Å². The molecule has 1 N–H and O–H groups in total. The molecule has 0 radical (unpaired) electrons. The first-order valence-corrected chi connectivity index (χ1v) is 10.8. The molecule has 1 amide bonds. The fourth-order valence-corrected chi connectivity index (χ4v) is 4.66. The third kappa shape index (κ3) is 4.11. The number of halogens is 5. The van der Waals surface area contributed by atoms with Gasteiger partial charge in [-0.15, -0.1) is 0 Å². The number of methoxy groups -OCH3 is 1. The number of hydrogen-bond donors (Lipinski definition) is 1. The zero-order valence-electron chi connectivity index (χ0n) is 18.4. The van der Waals surface area contributed by atoms with Gasteiger partial charge in [-0.1, -0.05) is 12.1 Å². The van der Waals surface area contributed by atoms with Gasteiger partial charge in [-0.25, -0.2) is 8.78 Å². The average Bonchev–Trinajstić information content (AvgIpc) is 3.19. The van der Waals surface area contributed by atoms with Gasteiger partial charge in [-0.05, 0) is 60.0 Å². The van der Waals surface area contributed by atoms with E-state index in [1.807, 2.05) is 12.1 Å². The molecule has 0 aliphatic carbocycles. The minimum atomic E-state index is -4.51. The molecule has 1 atom stereocenters. The molecule has 180 valence electrons. The molecule has 4 nitrogen and oxygen atoms in total. The summed E-state index contributed by atoms with van der Waals surface area (Å²) >= 11 is 0. The highest BCUT2D eigenvalue weighted by Gasteiger charge is 2.36. The number of ether oxygens (including phenoxy) is 1. The van der Waals surface area contributed by atoms with E-state index in [-0.39, 0.29) is 12.1 Å². The summed E-state index contributed by atoms with van der Waals surface area (Å²) in [6, 6.07) is 11.8. The molecule has 5 rings (SSSR count). The number of H-pyrrole nitrogens is 1. The fourth-order valence-electron chi connectivity index (χ4n) is 4.66. The SMILES string of the molecule is COc1ccc2[nH]c3c(c2c1)CCN(C(=O)c1cc(F)cc(F)c1)[C@H]3c1ccc(C(F)(F)F)cc1. The Hall–Kier alpha value is -3.88. The maximum Gasteiger partial charge on any atom is 0.416 e. The van der Waals surface area contributed by atoms with Crippen LogP contribution in [-0.2, 0) is 12.6 Å². The van der Waals surface area contributed by atoms with Crippen LogP contribution in [0.4, 0.5) is 22.0 Å². The molecule has 35 heavy (non-hydrogen) atoms. The normalized spacial score (nSPS) is 15.8. The van der Waals surface area contributed by atoms with E-state index in [0.29, 0.717) is 29.5 Å². The van der Waals surface area contributed by atoms with Crippen molar-refractivity contribution in [2.75, 3.05) is 13.7 Å². The van der Waals surface area contributed by atoms with E-state index in [1.54, 1.807) is 13.2 Å². The number of rotatable bonds is 3. The van der Waals surface area contributed by atoms with Gasteiger partial charge in [0.25, 0.3) is 5.91 Å². The Balaban J connectivity index is 1.65. The third-order valence-electron chi connectivity index (χ3n) is 6.26. The summed E-state index contributed by atoms with van der Waals surface area (Å²) in [5.41, 5.74) is 1.74. The number of alkyl halides is 3. The molecule has 4 aromatic rings. The molecule has 0 saturated heterocycles. The highest BCUT2D eigenvalue weighted by atomic mass is 19.4. The predicted octanol–water partition coefficient (Wildman–Crippen LogP) is 6.26. The highest BCUT2D eigenvalue weighted by molar-refractivity contribution is 5.95. The second-order valence-corrected chi connectivity index (χ2v) is 8.36. The van der Waals surface area contributed by atoms with Crippen molar-refractivity contribution in [3.8, 4) is 5.75 Å². The molecule has 0 unspecified atom stereocenters. The summed E-state index contributed by atoms with van der Waals surface area (Å²) in [5, 5.41) is 0.875. The molecule has 1 aliphatic rings. The lowest BCUT2D eigenvalue weighted by molar-refractivity contribution is -0.137. The molecular weight excluding hydrogens is 467 g/mol. The Morgan fingerprint density at radius 2 is 1.69 bits per heavy atom. The molecule has 0 fully saturated rings. The number of hydrogen-bond acceptors (Lipinski definition) is 2. The maximum atomic E-state index is 13.8. The van der Waals surface area contributed by atoms with E-state index in [4.69, 9.17) is 4.74 Å². The first-order chi connectivity index (χ1) is 16.7. The molecule has 0 spiro atoms. The summed E-state index contributed by atoms with van der Waals surface area (Å²) < 4.78 is 72.5. The van der Waals surface area contributed by atoms with Gasteiger partial charge >= 0.3 is 6.18 Å². The number of benzene rings is 3. The number of nitrogens with one attached hydrogen (secondary N) is 1. The number of carbonyl (C=O) groups excluding carboxylic acids is 1. The van der Waals surface area contributed by atoms with Gasteiger partial charge in [0.05, 0.1) is 18.7 Å². The molecular formula is C26H19F5N2O2. The Bertz CT molecular complexity index is 1410. The topological polar surface area (TPSA) is 45.3 Å². The Kier molecular flexibility index (Phi) is 5.50. The highest BCUT2D eigenvalue weighted by Crippen LogP contribution is 2.41. The van der Waals surface area contributed by atoms with E-state index < -0.39 is 35.3 Å². The van der Waals surface area contributed by atoms with Crippen LogP contribution in [0.15, 0.2) is 60.7 Å². The van der Waals surface area contributed by atoms with Crippen LogP contribution in [0.1, 0.15) is 38.8 Å². The van der Waals surface area contributed by atoms with Crippen LogP contribution in [0.3, 0.4) is 0 Å². The summed E-state index contributed by atoms with van der Waals surface area (Å²) in [6.07, 6.45) is -4.08. The van der Waals surface area contributed by atoms with E-state index in [9.17, 15) is 26.7 Å². The lowest BCUT2D eigenvalue weighted by atomic mass is 9.91. The maximum absolute atomic E-state index is 13.8. The summed E-state index contributed by atoms with van der Waals surface area (Å²) in [6.45, 7) is 0.194. The number of aromatic amines is 1. The zero-order valence-corrected chi connectivity index (χ0v) is 18.4. The van der Waals surface area contributed by atoms with Crippen molar-refractivity contribution in [3.63, 3.8) is 0 Å². The standard InChI is InChI=1S/C26H19F5N2O2/c1-35-19-6-7-22-21(13-19)20-8-9-33(25(34)15-10-17(27)12-18(28)11-15)24(23(20)32-22)14-2-4-16(5-3-14)26(29,30)31/h2-7,10-13,24,32H,8-9H2,1H3/t24-/m0/s1. The quantitative estimate of drug-likeness (QED) is 0.348. The summed E-state index contributed by atoms with van der Waals surface area (Å²) in [5.74, 6) is -1.78. The van der Waals surface area contributed by atoms with Gasteiger partial charge in [-0.3, -0.25) is 4.79 Å². The molecule has 1 aliphatic heterocycles. The van der Waals surface area contributed by atoms with Gasteiger partial charge in [-0.2, -0.15) is 13.2 Å². The Morgan fingerprint density at radius 3 is 2.31 bits per heavy atom. The van der Waals surface area contributed by atoms with Crippen molar-refractivity contribution in [1.82, 2.24) is 9.88 Å². The van der Waals surface area contributed by atoms with Gasteiger partial charge in [0, 0.05) is 34.8 Å². The molecule has 0 bridgehead atoms. The van der Waals surface area contributed by atoms with E-state index in [2.05, 4.69) is 4.98 Å². The van der Waals surface area contributed by atoms with Gasteiger partial charge in [0.2, 0.25) is 0 Å². The van der Waals surface area contributed by atoms with Crippen LogP contribution in [0, 0.1) is 11.6 Å². The number of aromatic nitrogens is 1. The second-order valence-electron chi connectivity index (χ2n) is 8.36. The predicted molar refractivity (Wildman–Crippen MR) is 119 cm³/mol. The summed E-state index contributed by atoms with van der Waals surface area (Å²) in [4.78, 5) is 18.1. The van der Waals surface area contributed by atoms with Crippen molar-refractivity contribution >= 4 is 16.8 Å². The number of carbonyl (C=O) groups is 1.